The van der Waals surface area contributed by atoms with Gasteiger partial charge in [0.2, 0.25) is 5.91 Å². The van der Waals surface area contributed by atoms with Gasteiger partial charge in [-0.15, -0.1) is 0 Å². The largest absolute Gasteiger partial charge is 0.484 e. The topological polar surface area (TPSA) is 120 Å². The normalized spacial score (nSPS) is 13.3. The second kappa shape index (κ2) is 8.88. The maximum absolute atomic E-state index is 12.4. The maximum atomic E-state index is 12.4. The lowest BCUT2D eigenvalue weighted by atomic mass is 10.3. The molecule has 0 bridgehead atoms. The summed E-state index contributed by atoms with van der Waals surface area (Å²) in [6.07, 6.45) is 1.42. The number of non-ortho nitro benzene ring substituents is 1. The molecule has 1 fully saturated rings. The van der Waals surface area contributed by atoms with Crippen molar-refractivity contribution in [3.8, 4) is 11.4 Å². The van der Waals surface area contributed by atoms with E-state index in [-0.39, 0.29) is 24.1 Å². The van der Waals surface area contributed by atoms with Gasteiger partial charge in [-0.25, -0.2) is 4.68 Å². The minimum Gasteiger partial charge on any atom is -0.484 e. The van der Waals surface area contributed by atoms with Gasteiger partial charge in [-0.1, -0.05) is 0 Å². The quantitative estimate of drug-likeness (QED) is 0.449. The summed E-state index contributed by atoms with van der Waals surface area (Å²) in [6.45, 7) is 2.27. The molecule has 3 aromatic rings. The van der Waals surface area contributed by atoms with E-state index in [0.717, 1.165) is 12.1 Å². The smallest absolute Gasteiger partial charge is 0.269 e. The number of hydrogen-bond donors (Lipinski definition) is 1. The number of carbonyl (C=O) groups excluding carboxylic acids is 2. The summed E-state index contributed by atoms with van der Waals surface area (Å²) in [5.74, 6) is 0.660. The lowest BCUT2D eigenvalue weighted by Gasteiger charge is -2.16. The molecule has 0 unspecified atom stereocenters. The molecule has 2 heterocycles. The molecule has 1 aromatic heterocycles. The van der Waals surface area contributed by atoms with Crippen LogP contribution in [0.25, 0.3) is 5.69 Å². The van der Waals surface area contributed by atoms with Gasteiger partial charge in [0, 0.05) is 36.9 Å². The Kier molecular flexibility index (Phi) is 5.84. The highest BCUT2D eigenvalue weighted by atomic mass is 16.6. The zero-order chi connectivity index (χ0) is 22.7. The number of aromatic nitrogens is 2. The number of rotatable bonds is 7. The number of nitro benzene ring substituents is 1. The first kappa shape index (κ1) is 21.0. The molecule has 1 aliphatic rings. The monoisotopic (exact) mass is 435 g/mol. The van der Waals surface area contributed by atoms with Crippen LogP contribution in [-0.4, -0.2) is 39.7 Å². The van der Waals surface area contributed by atoms with E-state index in [1.807, 2.05) is 0 Å². The Morgan fingerprint density at radius 3 is 2.47 bits per heavy atom. The molecular weight excluding hydrogens is 414 g/mol. The van der Waals surface area contributed by atoms with Crippen LogP contribution in [0.1, 0.15) is 18.5 Å². The zero-order valence-corrected chi connectivity index (χ0v) is 17.4. The number of benzene rings is 2. The second-order valence-corrected chi connectivity index (χ2v) is 7.34. The molecule has 164 valence electrons. The van der Waals surface area contributed by atoms with Crippen molar-refractivity contribution in [2.75, 3.05) is 23.4 Å². The van der Waals surface area contributed by atoms with Crippen molar-refractivity contribution in [2.45, 2.75) is 19.8 Å². The van der Waals surface area contributed by atoms with Gasteiger partial charge in [-0.05, 0) is 49.7 Å². The molecule has 0 radical (unpaired) electrons. The first-order chi connectivity index (χ1) is 15.4. The molecule has 0 saturated carbocycles. The SMILES string of the molecule is Cc1cc(NC(=O)COc2ccc(N3CCCC3=O)cc2)n(-c2ccc([N+](=O)[O-])cc2)n1. The minimum absolute atomic E-state index is 0.0308. The first-order valence-corrected chi connectivity index (χ1v) is 10.1. The Balaban J connectivity index is 1.38. The summed E-state index contributed by atoms with van der Waals surface area (Å²) in [5, 5.41) is 17.9. The molecule has 0 atom stereocenters. The van der Waals surface area contributed by atoms with E-state index < -0.39 is 4.92 Å². The van der Waals surface area contributed by atoms with Crippen LogP contribution < -0.4 is 15.0 Å². The molecule has 2 aromatic carbocycles. The van der Waals surface area contributed by atoms with Crippen LogP contribution >= 0.6 is 0 Å². The number of nitrogens with zero attached hydrogens (tertiary/aromatic N) is 4. The Hall–Kier alpha value is -4.21. The third-order valence-electron chi connectivity index (χ3n) is 5.00. The van der Waals surface area contributed by atoms with Crippen molar-refractivity contribution in [1.29, 1.82) is 0 Å². The summed E-state index contributed by atoms with van der Waals surface area (Å²) in [5.41, 5.74) is 2.03. The van der Waals surface area contributed by atoms with Gasteiger partial charge in [0.25, 0.3) is 11.6 Å². The number of nitro groups is 1. The van der Waals surface area contributed by atoms with E-state index in [9.17, 15) is 19.7 Å². The van der Waals surface area contributed by atoms with Gasteiger partial charge >= 0.3 is 0 Å². The Morgan fingerprint density at radius 2 is 1.84 bits per heavy atom. The molecule has 10 nitrogen and oxygen atoms in total. The molecule has 1 aliphatic heterocycles. The maximum Gasteiger partial charge on any atom is 0.269 e. The predicted octanol–water partition coefficient (Wildman–Crippen LogP) is 3.23. The van der Waals surface area contributed by atoms with Crippen LogP contribution in [-0.2, 0) is 9.59 Å². The van der Waals surface area contributed by atoms with E-state index in [1.54, 1.807) is 54.3 Å². The van der Waals surface area contributed by atoms with Crippen molar-refractivity contribution < 1.29 is 19.2 Å². The molecule has 32 heavy (non-hydrogen) atoms. The highest BCUT2D eigenvalue weighted by Crippen LogP contribution is 2.24. The van der Waals surface area contributed by atoms with Gasteiger partial charge in [0.15, 0.2) is 6.61 Å². The van der Waals surface area contributed by atoms with E-state index in [0.29, 0.717) is 35.9 Å². The number of nitrogens with one attached hydrogen (secondary N) is 1. The van der Waals surface area contributed by atoms with Gasteiger partial charge in [0.1, 0.15) is 11.6 Å². The van der Waals surface area contributed by atoms with Crippen molar-refractivity contribution in [3.05, 3.63) is 70.4 Å². The lowest BCUT2D eigenvalue weighted by Crippen LogP contribution is -2.23. The van der Waals surface area contributed by atoms with Crippen LogP contribution in [0.2, 0.25) is 0 Å². The first-order valence-electron chi connectivity index (χ1n) is 10.1. The Bertz CT molecular complexity index is 1150. The average molecular weight is 435 g/mol. The third-order valence-corrected chi connectivity index (χ3v) is 5.00. The van der Waals surface area contributed by atoms with Crippen LogP contribution in [0.5, 0.6) is 5.75 Å². The number of hydrogen-bond acceptors (Lipinski definition) is 6. The van der Waals surface area contributed by atoms with E-state index >= 15 is 0 Å². The average Bonchev–Trinajstić information content (AvgIpc) is 3.37. The van der Waals surface area contributed by atoms with Gasteiger partial charge in [0.05, 0.1) is 16.3 Å². The van der Waals surface area contributed by atoms with Crippen LogP contribution in [0.15, 0.2) is 54.6 Å². The third kappa shape index (κ3) is 4.59. The molecule has 1 saturated heterocycles. The van der Waals surface area contributed by atoms with Crippen LogP contribution in [0, 0.1) is 17.0 Å². The fraction of sp³-hybridized carbons (Fsp3) is 0.227. The van der Waals surface area contributed by atoms with Gasteiger partial charge < -0.3 is 15.0 Å². The van der Waals surface area contributed by atoms with Gasteiger partial charge in [-0.3, -0.25) is 19.7 Å². The number of ether oxygens (including phenoxy) is 1. The summed E-state index contributed by atoms with van der Waals surface area (Å²) < 4.78 is 7.06. The Labute approximate surface area is 183 Å². The van der Waals surface area contributed by atoms with Crippen LogP contribution in [0.4, 0.5) is 17.2 Å². The second-order valence-electron chi connectivity index (χ2n) is 7.34. The highest BCUT2D eigenvalue weighted by molar-refractivity contribution is 5.95. The lowest BCUT2D eigenvalue weighted by molar-refractivity contribution is -0.384. The summed E-state index contributed by atoms with van der Waals surface area (Å²) in [7, 11) is 0. The van der Waals surface area contributed by atoms with E-state index in [2.05, 4.69) is 10.4 Å². The van der Waals surface area contributed by atoms with Gasteiger partial charge in [-0.2, -0.15) is 5.10 Å². The summed E-state index contributed by atoms with van der Waals surface area (Å²) in [4.78, 5) is 36.4. The van der Waals surface area contributed by atoms with E-state index in [1.165, 1.54) is 16.8 Å². The Morgan fingerprint density at radius 1 is 1.16 bits per heavy atom. The fourth-order valence-corrected chi connectivity index (χ4v) is 3.47. The molecule has 1 N–H and O–H groups in total. The fourth-order valence-electron chi connectivity index (χ4n) is 3.47. The summed E-state index contributed by atoms with van der Waals surface area (Å²) in [6, 6.07) is 14.6. The molecular formula is C22H21N5O5. The molecule has 0 spiro atoms. The number of anilines is 2. The van der Waals surface area contributed by atoms with Crippen molar-refractivity contribution >= 4 is 29.0 Å². The molecule has 4 rings (SSSR count). The number of aryl methyl sites for hydroxylation is 1. The summed E-state index contributed by atoms with van der Waals surface area (Å²) >= 11 is 0. The zero-order valence-electron chi connectivity index (χ0n) is 17.4. The number of amides is 2. The predicted molar refractivity (Wildman–Crippen MR) is 117 cm³/mol. The standard InChI is InChI=1S/C22H21N5O5/c1-15-13-20(26(24-15)17-4-6-18(7-5-17)27(30)31)23-21(28)14-32-19-10-8-16(9-11-19)25-12-2-3-22(25)29/h4-11,13H,2-3,12,14H2,1H3,(H,23,28). The highest BCUT2D eigenvalue weighted by Gasteiger charge is 2.21. The van der Waals surface area contributed by atoms with E-state index in [4.69, 9.17) is 4.74 Å². The molecule has 10 heteroatoms. The number of carbonyl (C=O) groups is 2. The van der Waals surface area contributed by atoms with Crippen molar-refractivity contribution in [2.24, 2.45) is 0 Å². The van der Waals surface area contributed by atoms with Crippen molar-refractivity contribution in [3.63, 3.8) is 0 Å². The minimum atomic E-state index is -0.478. The molecule has 0 aliphatic carbocycles. The van der Waals surface area contributed by atoms with Crippen LogP contribution in [0.3, 0.4) is 0 Å². The molecule has 2 amide bonds. The van der Waals surface area contributed by atoms with Crippen molar-refractivity contribution in [1.82, 2.24) is 9.78 Å².